The number of benzene rings is 4. The van der Waals surface area contributed by atoms with E-state index in [2.05, 4.69) is 0 Å². The van der Waals surface area contributed by atoms with E-state index in [1.165, 1.54) is 0 Å². The van der Waals surface area contributed by atoms with Gasteiger partial charge in [0.25, 0.3) is 0 Å². The van der Waals surface area contributed by atoms with Crippen molar-refractivity contribution >= 4 is 40.0 Å². The Labute approximate surface area is 259 Å². The van der Waals surface area contributed by atoms with Gasteiger partial charge < -0.3 is 14.4 Å². The zero-order valence-electron chi connectivity index (χ0n) is 24.6. The molecule has 0 bridgehead atoms. The molecular weight excluding hydrogens is 564 g/mol. The second kappa shape index (κ2) is 9.99. The third-order valence-corrected chi connectivity index (χ3v) is 9.63. The minimum Gasteiger partial charge on any atom is -0.497 e. The van der Waals surface area contributed by atoms with Crippen LogP contribution in [0.5, 0.6) is 11.5 Å². The largest absolute Gasteiger partial charge is 0.497 e. The number of hydrogen-bond donors (Lipinski definition) is 0. The molecule has 220 valence electrons. The molecule has 7 heteroatoms. The first kappa shape index (κ1) is 27.0. The van der Waals surface area contributed by atoms with Crippen LogP contribution in [-0.4, -0.2) is 48.6 Å². The molecule has 2 aliphatic heterocycles. The number of fused-ring (bicyclic) bond motifs is 7. The summed E-state index contributed by atoms with van der Waals surface area (Å²) in [6.07, 6.45) is 5.59. The summed E-state index contributed by atoms with van der Waals surface area (Å²) in [4.78, 5) is 51.8. The molecule has 4 aromatic carbocycles. The molecule has 3 heterocycles. The Bertz CT molecular complexity index is 2050. The van der Waals surface area contributed by atoms with Gasteiger partial charge in [-0.2, -0.15) is 0 Å². The summed E-state index contributed by atoms with van der Waals surface area (Å²) in [5, 5.41) is 0.889. The molecule has 0 N–H and O–H groups in total. The van der Waals surface area contributed by atoms with Gasteiger partial charge in [0.05, 0.1) is 31.5 Å². The maximum absolute atomic E-state index is 15.0. The number of Topliss-reactive ketones (excluding diaryl/α,β-unsaturated/α-hetero) is 3. The molecule has 1 spiro atoms. The van der Waals surface area contributed by atoms with Gasteiger partial charge in [0, 0.05) is 39.8 Å². The quantitative estimate of drug-likeness (QED) is 0.169. The Morgan fingerprint density at radius 3 is 2.27 bits per heavy atom. The molecule has 1 aromatic heterocycles. The maximum Gasteiger partial charge on any atom is 0.185 e. The number of carbonyl (C=O) groups excluding carboxylic acids is 3. The highest BCUT2D eigenvalue weighted by Gasteiger charge is 2.72. The van der Waals surface area contributed by atoms with Gasteiger partial charge >= 0.3 is 0 Å². The molecule has 8 rings (SSSR count). The highest BCUT2D eigenvalue weighted by Crippen LogP contribution is 2.62. The van der Waals surface area contributed by atoms with Crippen LogP contribution in [0, 0.1) is 5.41 Å². The van der Waals surface area contributed by atoms with Crippen LogP contribution in [0.2, 0.25) is 0 Å². The average molecular weight is 593 g/mol. The molecule has 0 radical (unpaired) electrons. The van der Waals surface area contributed by atoms with E-state index in [1.807, 2.05) is 59.5 Å². The Hall–Kier alpha value is -5.56. The summed E-state index contributed by atoms with van der Waals surface area (Å²) in [6, 6.07) is 27.4. The molecule has 5 aromatic rings. The van der Waals surface area contributed by atoms with Crippen LogP contribution in [0.15, 0.2) is 109 Å². The number of ketones is 3. The summed E-state index contributed by atoms with van der Waals surface area (Å²) < 4.78 is 11.5. The Balaban J connectivity index is 1.51. The first-order valence-electron chi connectivity index (χ1n) is 14.8. The van der Waals surface area contributed by atoms with E-state index in [9.17, 15) is 0 Å². The van der Waals surface area contributed by atoms with Crippen LogP contribution in [0.4, 0.5) is 5.69 Å². The Morgan fingerprint density at radius 1 is 0.822 bits per heavy atom. The third kappa shape index (κ3) is 3.58. The number of hydrogen-bond acceptors (Lipinski definition) is 7. The van der Waals surface area contributed by atoms with Gasteiger partial charge in [-0.3, -0.25) is 19.4 Å². The van der Waals surface area contributed by atoms with Crippen LogP contribution < -0.4 is 14.4 Å². The summed E-state index contributed by atoms with van der Waals surface area (Å²) in [6.45, 7) is 0. The molecule has 1 aliphatic carbocycles. The van der Waals surface area contributed by atoms with E-state index in [0.717, 1.165) is 16.6 Å². The number of rotatable bonds is 5. The third-order valence-electron chi connectivity index (χ3n) is 9.63. The van der Waals surface area contributed by atoms with Crippen molar-refractivity contribution in [3.8, 4) is 11.5 Å². The molecule has 1 fully saturated rings. The lowest BCUT2D eigenvalue weighted by Crippen LogP contribution is -2.48. The van der Waals surface area contributed by atoms with Gasteiger partial charge in [0.1, 0.15) is 23.0 Å². The van der Waals surface area contributed by atoms with Crippen LogP contribution >= 0.6 is 0 Å². The van der Waals surface area contributed by atoms with Crippen LogP contribution in [0.25, 0.3) is 17.0 Å². The maximum atomic E-state index is 15.0. The normalized spacial score (nSPS) is 20.7. The van der Waals surface area contributed by atoms with E-state index in [4.69, 9.17) is 14.5 Å². The molecular formula is C38H28N2O5. The van der Waals surface area contributed by atoms with E-state index >= 15 is 14.4 Å². The van der Waals surface area contributed by atoms with E-state index < -0.39 is 23.4 Å². The molecule has 3 atom stereocenters. The van der Waals surface area contributed by atoms with Crippen LogP contribution in [0.1, 0.15) is 48.1 Å². The van der Waals surface area contributed by atoms with Crippen molar-refractivity contribution in [1.29, 1.82) is 0 Å². The summed E-state index contributed by atoms with van der Waals surface area (Å²) in [7, 11) is 3.11. The predicted molar refractivity (Wildman–Crippen MR) is 171 cm³/mol. The number of pyridine rings is 1. The number of methoxy groups -OCH3 is 2. The van der Waals surface area contributed by atoms with Crippen LogP contribution in [0.3, 0.4) is 0 Å². The minimum absolute atomic E-state index is 0.210. The fourth-order valence-corrected chi connectivity index (χ4v) is 7.78. The SMILES string of the molecule is COc1ccc(OC)c([C@H]2[C@H](C(=O)c3ccccc3)N3c4c(ccc5cccnc45)C=C[C@@H]3C23C(=O)c2ccccc2C3=O)c1. The van der Waals surface area contributed by atoms with Gasteiger partial charge in [0.2, 0.25) is 0 Å². The highest BCUT2D eigenvalue weighted by atomic mass is 16.5. The second-order valence-corrected chi connectivity index (χ2v) is 11.6. The van der Waals surface area contributed by atoms with E-state index in [1.54, 1.807) is 75.0 Å². The van der Waals surface area contributed by atoms with Crippen molar-refractivity contribution in [2.24, 2.45) is 5.41 Å². The van der Waals surface area contributed by atoms with Crippen molar-refractivity contribution in [2.45, 2.75) is 18.0 Å². The lowest BCUT2D eigenvalue weighted by molar-refractivity contribution is 0.0664. The highest BCUT2D eigenvalue weighted by molar-refractivity contribution is 6.32. The zero-order valence-corrected chi connectivity index (χ0v) is 24.6. The first-order chi connectivity index (χ1) is 22.0. The number of nitrogens with zero attached hydrogens (tertiary/aromatic N) is 2. The number of anilines is 1. The lowest BCUT2D eigenvalue weighted by Gasteiger charge is -2.37. The number of aromatic nitrogens is 1. The standard InChI is InChI=1S/C38H28N2O5/c1-44-25-17-18-29(45-2)28(21-25)31-34(35(41)24-9-4-3-5-10-24)40-30(38(31)36(42)26-12-6-7-13-27(26)37(38)43)19-16-23-15-14-22-11-8-20-39-32(22)33(23)40/h3-21,30-31,34H,1-2H3/t30-,31+,34-/m1/s1. The predicted octanol–water partition coefficient (Wildman–Crippen LogP) is 6.57. The molecule has 7 nitrogen and oxygen atoms in total. The smallest absolute Gasteiger partial charge is 0.185 e. The lowest BCUT2D eigenvalue weighted by atomic mass is 9.64. The summed E-state index contributed by atoms with van der Waals surface area (Å²) >= 11 is 0. The monoisotopic (exact) mass is 592 g/mol. The van der Waals surface area contributed by atoms with Crippen molar-refractivity contribution in [2.75, 3.05) is 19.1 Å². The molecule has 0 unspecified atom stereocenters. The van der Waals surface area contributed by atoms with E-state index in [0.29, 0.717) is 39.3 Å². The first-order valence-corrected chi connectivity index (χ1v) is 14.8. The Kier molecular flexibility index (Phi) is 6.00. The minimum atomic E-state index is -1.68. The fraction of sp³-hybridized carbons (Fsp3) is 0.158. The molecule has 0 saturated carbocycles. The fourth-order valence-electron chi connectivity index (χ4n) is 7.78. The zero-order chi connectivity index (χ0) is 30.9. The summed E-state index contributed by atoms with van der Waals surface area (Å²) in [5.41, 5.74) is 2.34. The number of ether oxygens (including phenoxy) is 2. The Morgan fingerprint density at radius 2 is 1.56 bits per heavy atom. The second-order valence-electron chi connectivity index (χ2n) is 11.6. The molecule has 45 heavy (non-hydrogen) atoms. The molecule has 3 aliphatic rings. The summed E-state index contributed by atoms with van der Waals surface area (Å²) in [5.74, 6) is -0.784. The number of carbonyl (C=O) groups is 3. The van der Waals surface area contributed by atoms with Gasteiger partial charge in [-0.05, 0) is 29.8 Å². The van der Waals surface area contributed by atoms with Crippen LogP contribution in [-0.2, 0) is 0 Å². The topological polar surface area (TPSA) is 85.8 Å². The van der Waals surface area contributed by atoms with Gasteiger partial charge in [-0.15, -0.1) is 0 Å². The molecule has 0 amide bonds. The average Bonchev–Trinajstić information content (AvgIpc) is 3.53. The van der Waals surface area contributed by atoms with Crippen molar-refractivity contribution in [3.63, 3.8) is 0 Å². The van der Waals surface area contributed by atoms with Crippen molar-refractivity contribution in [3.05, 3.63) is 137 Å². The van der Waals surface area contributed by atoms with Crippen molar-refractivity contribution < 1.29 is 23.9 Å². The van der Waals surface area contributed by atoms with Gasteiger partial charge in [-0.25, -0.2) is 0 Å². The van der Waals surface area contributed by atoms with Gasteiger partial charge in [-0.1, -0.05) is 84.9 Å². The van der Waals surface area contributed by atoms with Gasteiger partial charge in [0.15, 0.2) is 17.3 Å². The van der Waals surface area contributed by atoms with E-state index in [-0.39, 0.29) is 17.3 Å². The van der Waals surface area contributed by atoms with Crippen molar-refractivity contribution in [1.82, 2.24) is 4.98 Å². The molecule has 1 saturated heterocycles.